The van der Waals surface area contributed by atoms with E-state index in [-0.39, 0.29) is 12.4 Å². The maximum atomic E-state index is 5.59. The molecule has 0 unspecified atom stereocenters. The molecule has 4 N–H and O–H groups in total. The molecule has 2 aromatic heterocycles. The van der Waals surface area contributed by atoms with E-state index < -0.39 is 0 Å². The lowest BCUT2D eigenvalue weighted by Crippen LogP contribution is -1.95. The third-order valence-corrected chi connectivity index (χ3v) is 1.73. The van der Waals surface area contributed by atoms with Crippen LogP contribution in [0, 0.1) is 0 Å². The van der Waals surface area contributed by atoms with Gasteiger partial charge in [-0.25, -0.2) is 4.98 Å². The first-order valence-electron chi connectivity index (χ1n) is 3.73. The zero-order chi connectivity index (χ0) is 8.55. The molecule has 0 radical (unpaired) electrons. The van der Waals surface area contributed by atoms with Gasteiger partial charge in [0.05, 0.1) is 5.69 Å². The molecule has 13 heavy (non-hydrogen) atoms. The van der Waals surface area contributed by atoms with Gasteiger partial charge in [-0.2, -0.15) is 0 Å². The SMILES string of the molecule is Cl.NCc1cn2cc(N)ccc2n1. The van der Waals surface area contributed by atoms with Gasteiger partial charge in [-0.1, -0.05) is 0 Å². The summed E-state index contributed by atoms with van der Waals surface area (Å²) in [6.45, 7) is 0.460. The zero-order valence-corrected chi connectivity index (χ0v) is 7.79. The molecule has 0 spiro atoms. The molecule has 4 nitrogen and oxygen atoms in total. The lowest BCUT2D eigenvalue weighted by Gasteiger charge is -1.93. The number of anilines is 1. The highest BCUT2D eigenvalue weighted by Crippen LogP contribution is 2.07. The molecule has 70 valence electrons. The number of aromatic nitrogens is 2. The quantitative estimate of drug-likeness (QED) is 0.712. The molecule has 0 bridgehead atoms. The van der Waals surface area contributed by atoms with Gasteiger partial charge in [-0.05, 0) is 12.1 Å². The second-order valence-corrected chi connectivity index (χ2v) is 2.66. The number of hydrogen-bond acceptors (Lipinski definition) is 3. The Morgan fingerprint density at radius 3 is 2.77 bits per heavy atom. The molecule has 0 saturated heterocycles. The Morgan fingerprint density at radius 1 is 1.31 bits per heavy atom. The summed E-state index contributed by atoms with van der Waals surface area (Å²) in [5.41, 5.74) is 13.5. The second-order valence-electron chi connectivity index (χ2n) is 2.66. The van der Waals surface area contributed by atoms with Crippen LogP contribution in [-0.2, 0) is 6.54 Å². The Labute approximate surface area is 82.0 Å². The van der Waals surface area contributed by atoms with Crippen LogP contribution in [-0.4, -0.2) is 9.38 Å². The average Bonchev–Trinajstić information content (AvgIpc) is 2.46. The summed E-state index contributed by atoms with van der Waals surface area (Å²) in [4.78, 5) is 4.25. The maximum absolute atomic E-state index is 5.59. The molecular weight excluding hydrogens is 188 g/mol. The van der Waals surface area contributed by atoms with Crippen LogP contribution in [0.1, 0.15) is 5.69 Å². The molecule has 0 aliphatic rings. The number of imidazole rings is 1. The topological polar surface area (TPSA) is 69.3 Å². The molecule has 0 fully saturated rings. The molecule has 2 heterocycles. The molecule has 2 aromatic rings. The largest absolute Gasteiger partial charge is 0.398 e. The normalized spacial score (nSPS) is 9.92. The van der Waals surface area contributed by atoms with Crippen molar-refractivity contribution < 1.29 is 0 Å². The van der Waals surface area contributed by atoms with Crippen LogP contribution in [0.25, 0.3) is 5.65 Å². The Balaban J connectivity index is 0.000000845. The van der Waals surface area contributed by atoms with Crippen LogP contribution in [0.4, 0.5) is 5.69 Å². The Morgan fingerprint density at radius 2 is 2.08 bits per heavy atom. The number of pyridine rings is 1. The van der Waals surface area contributed by atoms with Crippen molar-refractivity contribution in [3.05, 3.63) is 30.2 Å². The number of nitrogens with zero attached hydrogens (tertiary/aromatic N) is 2. The lowest BCUT2D eigenvalue weighted by molar-refractivity contribution is 1.02. The van der Waals surface area contributed by atoms with Gasteiger partial charge in [-0.3, -0.25) is 0 Å². The molecule has 0 amide bonds. The van der Waals surface area contributed by atoms with Crippen molar-refractivity contribution in [1.29, 1.82) is 0 Å². The van der Waals surface area contributed by atoms with E-state index in [9.17, 15) is 0 Å². The predicted octanol–water partition coefficient (Wildman–Crippen LogP) is 0.797. The van der Waals surface area contributed by atoms with Gasteiger partial charge in [0.1, 0.15) is 5.65 Å². The molecular formula is C8H11ClN4. The lowest BCUT2D eigenvalue weighted by atomic mass is 10.4. The molecule has 0 aromatic carbocycles. The number of hydrogen-bond donors (Lipinski definition) is 2. The van der Waals surface area contributed by atoms with Gasteiger partial charge in [0.15, 0.2) is 0 Å². The minimum absolute atomic E-state index is 0. The van der Waals surface area contributed by atoms with E-state index in [1.807, 2.05) is 28.9 Å². The monoisotopic (exact) mass is 198 g/mol. The third-order valence-electron chi connectivity index (χ3n) is 1.73. The Bertz CT molecular complexity index is 409. The van der Waals surface area contributed by atoms with Crippen LogP contribution in [0.3, 0.4) is 0 Å². The van der Waals surface area contributed by atoms with Crippen LogP contribution < -0.4 is 11.5 Å². The van der Waals surface area contributed by atoms with Crippen LogP contribution in [0.5, 0.6) is 0 Å². The van der Waals surface area contributed by atoms with E-state index in [1.165, 1.54) is 0 Å². The van der Waals surface area contributed by atoms with Crippen LogP contribution in [0.15, 0.2) is 24.5 Å². The van der Waals surface area contributed by atoms with Gasteiger partial charge in [0.25, 0.3) is 0 Å². The first-order chi connectivity index (χ1) is 5.79. The van der Waals surface area contributed by atoms with Crippen molar-refractivity contribution in [3.8, 4) is 0 Å². The number of halogens is 1. The summed E-state index contributed by atoms with van der Waals surface area (Å²) >= 11 is 0. The van der Waals surface area contributed by atoms with E-state index in [0.29, 0.717) is 6.54 Å². The van der Waals surface area contributed by atoms with Gasteiger partial charge in [0, 0.05) is 24.6 Å². The number of nitrogen functional groups attached to an aromatic ring is 1. The third kappa shape index (κ3) is 1.74. The van der Waals surface area contributed by atoms with Gasteiger partial charge >= 0.3 is 0 Å². The summed E-state index contributed by atoms with van der Waals surface area (Å²) < 4.78 is 1.87. The maximum Gasteiger partial charge on any atom is 0.137 e. The van der Waals surface area contributed by atoms with Crippen LogP contribution >= 0.6 is 12.4 Å². The Hall–Kier alpha value is -1.26. The smallest absolute Gasteiger partial charge is 0.137 e. The summed E-state index contributed by atoms with van der Waals surface area (Å²) in [5, 5.41) is 0. The molecule has 2 rings (SSSR count). The zero-order valence-electron chi connectivity index (χ0n) is 6.97. The van der Waals surface area contributed by atoms with E-state index in [1.54, 1.807) is 0 Å². The summed E-state index contributed by atoms with van der Waals surface area (Å²) in [6, 6.07) is 3.69. The van der Waals surface area contributed by atoms with Gasteiger partial charge in [0.2, 0.25) is 0 Å². The van der Waals surface area contributed by atoms with Crippen molar-refractivity contribution in [2.75, 3.05) is 5.73 Å². The van der Waals surface area contributed by atoms with Crippen LogP contribution in [0.2, 0.25) is 0 Å². The summed E-state index contributed by atoms with van der Waals surface area (Å²) in [6.07, 6.45) is 3.70. The fourth-order valence-corrected chi connectivity index (χ4v) is 1.16. The van der Waals surface area contributed by atoms with Crippen molar-refractivity contribution in [3.63, 3.8) is 0 Å². The highest BCUT2D eigenvalue weighted by atomic mass is 35.5. The van der Waals surface area contributed by atoms with Crippen molar-refractivity contribution in [2.45, 2.75) is 6.54 Å². The molecule has 0 saturated carbocycles. The van der Waals surface area contributed by atoms with E-state index >= 15 is 0 Å². The van der Waals surface area contributed by atoms with E-state index in [2.05, 4.69) is 4.98 Å². The van der Waals surface area contributed by atoms with Crippen molar-refractivity contribution >= 4 is 23.7 Å². The van der Waals surface area contributed by atoms with E-state index in [0.717, 1.165) is 17.0 Å². The molecule has 5 heteroatoms. The highest BCUT2D eigenvalue weighted by Gasteiger charge is 1.98. The average molecular weight is 199 g/mol. The second kappa shape index (κ2) is 3.64. The van der Waals surface area contributed by atoms with Gasteiger partial charge < -0.3 is 15.9 Å². The number of fused-ring (bicyclic) bond motifs is 1. The first-order valence-corrected chi connectivity index (χ1v) is 3.73. The minimum atomic E-state index is 0. The van der Waals surface area contributed by atoms with Gasteiger partial charge in [-0.15, -0.1) is 12.4 Å². The summed E-state index contributed by atoms with van der Waals surface area (Å²) in [5.74, 6) is 0. The summed E-state index contributed by atoms with van der Waals surface area (Å²) in [7, 11) is 0. The van der Waals surface area contributed by atoms with E-state index in [4.69, 9.17) is 11.5 Å². The molecule has 0 atom stereocenters. The number of rotatable bonds is 1. The minimum Gasteiger partial charge on any atom is -0.398 e. The predicted molar refractivity (Wildman–Crippen MR) is 54.7 cm³/mol. The highest BCUT2D eigenvalue weighted by molar-refractivity contribution is 5.85. The number of nitrogens with two attached hydrogens (primary N) is 2. The van der Waals surface area contributed by atoms with Crippen molar-refractivity contribution in [1.82, 2.24) is 9.38 Å². The standard InChI is InChI=1S/C8H10N4.ClH/c9-3-7-5-12-4-6(10)1-2-8(12)11-7;/h1-2,4-5H,3,9-10H2;1H. The fourth-order valence-electron chi connectivity index (χ4n) is 1.16. The molecule has 0 aliphatic carbocycles. The Kier molecular flexibility index (Phi) is 2.75. The fraction of sp³-hybridized carbons (Fsp3) is 0.125. The molecule has 0 aliphatic heterocycles. The van der Waals surface area contributed by atoms with Crippen molar-refractivity contribution in [2.24, 2.45) is 5.73 Å². The first kappa shape index (κ1) is 9.83.